The zero-order valence-corrected chi connectivity index (χ0v) is 16.3. The SMILES string of the molecule is O=C(Nc1cccc(-c2ccc3nnc(-c4cccs4)n3n2)c1)c1ccc(F)cc1. The third-order valence-corrected chi connectivity index (χ3v) is 5.39. The molecule has 1 amide bonds. The van der Waals surface area contributed by atoms with Gasteiger partial charge in [-0.15, -0.1) is 21.5 Å². The van der Waals surface area contributed by atoms with E-state index in [0.717, 1.165) is 16.1 Å². The zero-order valence-electron chi connectivity index (χ0n) is 15.5. The smallest absolute Gasteiger partial charge is 0.255 e. The molecule has 0 spiro atoms. The summed E-state index contributed by atoms with van der Waals surface area (Å²) in [6.07, 6.45) is 0. The van der Waals surface area contributed by atoms with E-state index in [-0.39, 0.29) is 11.7 Å². The van der Waals surface area contributed by atoms with Crippen molar-refractivity contribution in [1.29, 1.82) is 0 Å². The van der Waals surface area contributed by atoms with Crippen molar-refractivity contribution in [3.63, 3.8) is 0 Å². The van der Waals surface area contributed by atoms with Gasteiger partial charge in [0.05, 0.1) is 10.6 Å². The van der Waals surface area contributed by atoms with Gasteiger partial charge in [-0.3, -0.25) is 4.79 Å². The molecule has 0 aliphatic heterocycles. The van der Waals surface area contributed by atoms with Crippen molar-refractivity contribution < 1.29 is 9.18 Å². The quantitative estimate of drug-likeness (QED) is 0.453. The highest BCUT2D eigenvalue weighted by molar-refractivity contribution is 7.13. The zero-order chi connectivity index (χ0) is 20.5. The Bertz CT molecular complexity index is 1350. The van der Waals surface area contributed by atoms with E-state index in [2.05, 4.69) is 15.5 Å². The maximum atomic E-state index is 13.1. The van der Waals surface area contributed by atoms with Crippen LogP contribution in [0.5, 0.6) is 0 Å². The first-order valence-corrected chi connectivity index (χ1v) is 9.99. The van der Waals surface area contributed by atoms with E-state index >= 15 is 0 Å². The number of hydrogen-bond acceptors (Lipinski definition) is 5. The van der Waals surface area contributed by atoms with Gasteiger partial charge in [-0.05, 0) is 60.0 Å². The van der Waals surface area contributed by atoms with Crippen molar-refractivity contribution in [2.24, 2.45) is 0 Å². The molecule has 0 atom stereocenters. The molecule has 30 heavy (non-hydrogen) atoms. The van der Waals surface area contributed by atoms with Crippen LogP contribution in [-0.2, 0) is 0 Å². The molecule has 3 aromatic heterocycles. The van der Waals surface area contributed by atoms with Gasteiger partial charge in [0.1, 0.15) is 5.82 Å². The summed E-state index contributed by atoms with van der Waals surface area (Å²) in [6.45, 7) is 0. The number of rotatable bonds is 4. The number of benzene rings is 2. The van der Waals surface area contributed by atoms with Crippen LogP contribution in [-0.4, -0.2) is 25.7 Å². The van der Waals surface area contributed by atoms with Gasteiger partial charge in [-0.1, -0.05) is 18.2 Å². The topological polar surface area (TPSA) is 72.2 Å². The van der Waals surface area contributed by atoms with Crippen molar-refractivity contribution in [3.8, 4) is 22.0 Å². The molecular formula is C22H14FN5OS. The monoisotopic (exact) mass is 415 g/mol. The van der Waals surface area contributed by atoms with E-state index in [0.29, 0.717) is 22.7 Å². The van der Waals surface area contributed by atoms with Gasteiger partial charge in [0.15, 0.2) is 11.5 Å². The minimum atomic E-state index is -0.383. The number of nitrogens with one attached hydrogen (secondary N) is 1. The van der Waals surface area contributed by atoms with Crippen molar-refractivity contribution in [2.45, 2.75) is 0 Å². The predicted octanol–water partition coefficient (Wildman–Crippen LogP) is 4.91. The highest BCUT2D eigenvalue weighted by atomic mass is 32.1. The molecule has 3 heterocycles. The Morgan fingerprint density at radius 2 is 1.83 bits per heavy atom. The highest BCUT2D eigenvalue weighted by Gasteiger charge is 2.12. The fourth-order valence-corrected chi connectivity index (χ4v) is 3.76. The maximum Gasteiger partial charge on any atom is 0.255 e. The number of amides is 1. The molecule has 0 radical (unpaired) electrons. The second-order valence-electron chi connectivity index (χ2n) is 6.53. The number of carbonyl (C=O) groups is 1. The summed E-state index contributed by atoms with van der Waals surface area (Å²) >= 11 is 1.57. The number of nitrogens with zero attached hydrogens (tertiary/aromatic N) is 4. The molecule has 2 aromatic carbocycles. The van der Waals surface area contributed by atoms with Crippen molar-refractivity contribution in [3.05, 3.63) is 89.6 Å². The molecule has 0 fully saturated rings. The minimum absolute atomic E-state index is 0.311. The lowest BCUT2D eigenvalue weighted by Crippen LogP contribution is -2.11. The summed E-state index contributed by atoms with van der Waals surface area (Å²) in [6, 6.07) is 20.4. The molecule has 0 aliphatic rings. The van der Waals surface area contributed by atoms with Crippen molar-refractivity contribution in [1.82, 2.24) is 19.8 Å². The fraction of sp³-hybridized carbons (Fsp3) is 0. The molecule has 5 rings (SSSR count). The minimum Gasteiger partial charge on any atom is -0.322 e. The number of halogens is 1. The van der Waals surface area contributed by atoms with Gasteiger partial charge in [0.25, 0.3) is 5.91 Å². The number of thiophene rings is 1. The van der Waals surface area contributed by atoms with Crippen LogP contribution in [0.4, 0.5) is 10.1 Å². The van der Waals surface area contributed by atoms with Crippen LogP contribution in [0, 0.1) is 5.82 Å². The lowest BCUT2D eigenvalue weighted by Gasteiger charge is -2.08. The van der Waals surface area contributed by atoms with E-state index in [1.54, 1.807) is 21.9 Å². The number of aromatic nitrogens is 4. The van der Waals surface area contributed by atoms with Gasteiger partial charge in [-0.2, -0.15) is 9.61 Å². The summed E-state index contributed by atoms with van der Waals surface area (Å²) < 4.78 is 14.8. The van der Waals surface area contributed by atoms with Crippen LogP contribution in [0.15, 0.2) is 78.2 Å². The number of carbonyl (C=O) groups excluding carboxylic acids is 1. The third-order valence-electron chi connectivity index (χ3n) is 4.53. The standard InChI is InChI=1S/C22H14FN5OS/c23-16-8-6-14(7-9-16)22(29)24-17-4-1-3-15(13-17)18-10-11-20-25-26-21(28(20)27-18)19-5-2-12-30-19/h1-13H,(H,24,29). The first-order valence-electron chi connectivity index (χ1n) is 9.11. The molecule has 0 saturated carbocycles. The van der Waals surface area contributed by atoms with Crippen LogP contribution in [0.25, 0.3) is 27.6 Å². The molecular weight excluding hydrogens is 401 g/mol. The molecule has 0 aliphatic carbocycles. The lowest BCUT2D eigenvalue weighted by atomic mass is 10.1. The van der Waals surface area contributed by atoms with Crippen molar-refractivity contribution in [2.75, 3.05) is 5.32 Å². The van der Waals surface area contributed by atoms with Crippen LogP contribution in [0.2, 0.25) is 0 Å². The molecule has 0 saturated heterocycles. The summed E-state index contributed by atoms with van der Waals surface area (Å²) in [5, 5.41) is 17.9. The molecule has 0 bridgehead atoms. The Hall–Kier alpha value is -3.91. The summed E-state index contributed by atoms with van der Waals surface area (Å²) in [7, 11) is 0. The van der Waals surface area contributed by atoms with E-state index in [9.17, 15) is 9.18 Å². The molecule has 8 heteroatoms. The van der Waals surface area contributed by atoms with Gasteiger partial charge in [-0.25, -0.2) is 4.39 Å². The first kappa shape index (κ1) is 18.1. The van der Waals surface area contributed by atoms with Crippen molar-refractivity contribution >= 4 is 28.6 Å². The van der Waals surface area contributed by atoms with E-state index in [4.69, 9.17) is 5.10 Å². The molecule has 5 aromatic rings. The molecule has 146 valence electrons. The second kappa shape index (κ2) is 7.49. The van der Waals surface area contributed by atoms with Crippen LogP contribution in [0.3, 0.4) is 0 Å². The Balaban J connectivity index is 1.46. The molecule has 1 N–H and O–H groups in total. The summed E-state index contributed by atoms with van der Waals surface area (Å²) in [4.78, 5) is 13.4. The first-order chi connectivity index (χ1) is 14.7. The molecule has 0 unspecified atom stereocenters. The Morgan fingerprint density at radius 3 is 2.63 bits per heavy atom. The number of hydrogen-bond donors (Lipinski definition) is 1. The maximum absolute atomic E-state index is 13.1. The largest absolute Gasteiger partial charge is 0.322 e. The Labute approximate surface area is 174 Å². The van der Waals surface area contributed by atoms with Crippen LogP contribution in [0.1, 0.15) is 10.4 Å². The number of anilines is 1. The van der Waals surface area contributed by atoms with E-state index in [1.807, 2.05) is 47.8 Å². The number of fused-ring (bicyclic) bond motifs is 1. The average molecular weight is 415 g/mol. The lowest BCUT2D eigenvalue weighted by molar-refractivity contribution is 0.102. The van der Waals surface area contributed by atoms with Gasteiger partial charge < -0.3 is 5.32 Å². The van der Waals surface area contributed by atoms with Gasteiger partial charge in [0.2, 0.25) is 0 Å². The Morgan fingerprint density at radius 1 is 0.967 bits per heavy atom. The van der Waals surface area contributed by atoms with Gasteiger partial charge >= 0.3 is 0 Å². The van der Waals surface area contributed by atoms with Crippen LogP contribution < -0.4 is 5.32 Å². The average Bonchev–Trinajstić information content (AvgIpc) is 3.43. The summed E-state index contributed by atoms with van der Waals surface area (Å²) in [5.74, 6) is -0.0112. The third kappa shape index (κ3) is 3.44. The summed E-state index contributed by atoms with van der Waals surface area (Å²) in [5.41, 5.74) is 3.21. The Kier molecular flexibility index (Phi) is 4.53. The van der Waals surface area contributed by atoms with Crippen LogP contribution >= 0.6 is 11.3 Å². The normalized spacial score (nSPS) is 11.0. The fourth-order valence-electron chi connectivity index (χ4n) is 3.06. The van der Waals surface area contributed by atoms with E-state index < -0.39 is 0 Å². The highest BCUT2D eigenvalue weighted by Crippen LogP contribution is 2.25. The second-order valence-corrected chi connectivity index (χ2v) is 7.48. The van der Waals surface area contributed by atoms with E-state index in [1.165, 1.54) is 24.3 Å². The predicted molar refractivity (Wildman–Crippen MR) is 114 cm³/mol. The molecule has 6 nitrogen and oxygen atoms in total. The van der Waals surface area contributed by atoms with Gasteiger partial charge in [0, 0.05) is 16.8 Å².